The van der Waals surface area contributed by atoms with Gasteiger partial charge in [-0.1, -0.05) is 24.4 Å². The molecule has 0 spiro atoms. The van der Waals surface area contributed by atoms with E-state index in [4.69, 9.17) is 11.6 Å². The summed E-state index contributed by atoms with van der Waals surface area (Å²) in [5, 5.41) is 0.197. The van der Waals surface area contributed by atoms with Gasteiger partial charge in [-0.15, -0.1) is 0 Å². The van der Waals surface area contributed by atoms with Gasteiger partial charge in [0, 0.05) is 25.5 Å². The Balaban J connectivity index is 1.88. The largest absolute Gasteiger partial charge is 0.302 e. The van der Waals surface area contributed by atoms with Crippen molar-refractivity contribution in [2.45, 2.75) is 30.6 Å². The third-order valence-corrected chi connectivity index (χ3v) is 5.37. The van der Waals surface area contributed by atoms with Crippen molar-refractivity contribution in [3.05, 3.63) is 23.5 Å². The lowest BCUT2D eigenvalue weighted by molar-refractivity contribution is 0.290. The zero-order valence-corrected chi connectivity index (χ0v) is 13.0. The van der Waals surface area contributed by atoms with Crippen LogP contribution in [0.25, 0.3) is 0 Å². The molecule has 7 heteroatoms. The smallest absolute Gasteiger partial charge is 0.243 e. The summed E-state index contributed by atoms with van der Waals surface area (Å²) in [6.07, 6.45) is 7.68. The molecule has 1 aliphatic rings. The highest BCUT2D eigenvalue weighted by atomic mass is 35.5. The molecule has 0 saturated carbocycles. The molecule has 5 nitrogen and oxygen atoms in total. The molecule has 1 aromatic heterocycles. The zero-order chi connectivity index (χ0) is 14.4. The van der Waals surface area contributed by atoms with Gasteiger partial charge in [0.2, 0.25) is 10.0 Å². The molecule has 2 rings (SSSR count). The van der Waals surface area contributed by atoms with E-state index in [1.54, 1.807) is 0 Å². The van der Waals surface area contributed by atoms with Gasteiger partial charge in [0.05, 0.1) is 5.02 Å². The summed E-state index contributed by atoms with van der Waals surface area (Å²) in [6.45, 7) is 3.23. The van der Waals surface area contributed by atoms with Crippen LogP contribution >= 0.6 is 11.6 Å². The van der Waals surface area contributed by atoms with Gasteiger partial charge >= 0.3 is 0 Å². The van der Waals surface area contributed by atoms with E-state index in [1.807, 2.05) is 0 Å². The molecule has 1 aliphatic heterocycles. The fourth-order valence-corrected chi connectivity index (χ4v) is 3.79. The number of likely N-dealkylation sites (tertiary alicyclic amines) is 1. The number of rotatable bonds is 5. The van der Waals surface area contributed by atoms with E-state index in [1.165, 1.54) is 44.1 Å². The molecule has 0 amide bonds. The summed E-state index contributed by atoms with van der Waals surface area (Å²) in [5.41, 5.74) is 0. The molecule has 0 aromatic carbocycles. The lowest BCUT2D eigenvalue weighted by Crippen LogP contribution is -2.35. The quantitative estimate of drug-likeness (QED) is 0.901. The van der Waals surface area contributed by atoms with Gasteiger partial charge in [-0.25, -0.2) is 13.1 Å². The Morgan fingerprint density at radius 1 is 1.25 bits per heavy atom. The molecule has 20 heavy (non-hydrogen) atoms. The lowest BCUT2D eigenvalue weighted by Gasteiger charge is -2.19. The Bertz CT molecular complexity index is 528. The van der Waals surface area contributed by atoms with Crippen LogP contribution in [-0.4, -0.2) is 44.5 Å². The molecule has 0 unspecified atom stereocenters. The molecule has 112 valence electrons. The van der Waals surface area contributed by atoms with E-state index in [9.17, 15) is 8.42 Å². The number of aromatic nitrogens is 1. The van der Waals surface area contributed by atoms with Gasteiger partial charge in [-0.3, -0.25) is 4.98 Å². The fraction of sp³-hybridized carbons (Fsp3) is 0.615. The number of nitrogens with one attached hydrogen (secondary N) is 1. The van der Waals surface area contributed by atoms with Crippen LogP contribution in [0.3, 0.4) is 0 Å². The van der Waals surface area contributed by atoms with Gasteiger partial charge < -0.3 is 4.90 Å². The SMILES string of the molecule is O=S(=O)(NCCN1CCCCCC1)c1cnccc1Cl. The minimum absolute atomic E-state index is 0.0394. The standard InChI is InChI=1S/C13H20ClN3O2S/c14-12-5-6-15-11-13(12)20(18,19)16-7-10-17-8-3-1-2-4-9-17/h5-6,11,16H,1-4,7-10H2. The summed E-state index contributed by atoms with van der Waals surface area (Å²) in [4.78, 5) is 6.15. The molecule has 1 aromatic rings. The third-order valence-electron chi connectivity index (χ3n) is 3.44. The Morgan fingerprint density at radius 2 is 1.95 bits per heavy atom. The maximum absolute atomic E-state index is 12.1. The van der Waals surface area contributed by atoms with Crippen LogP contribution < -0.4 is 4.72 Å². The van der Waals surface area contributed by atoms with Gasteiger partial charge in [-0.05, 0) is 32.0 Å². The second-order valence-electron chi connectivity index (χ2n) is 4.96. The Kier molecular flexibility index (Phi) is 5.77. The predicted molar refractivity (Wildman–Crippen MR) is 79.3 cm³/mol. The lowest BCUT2D eigenvalue weighted by atomic mass is 10.2. The summed E-state index contributed by atoms with van der Waals surface area (Å²) >= 11 is 5.89. The summed E-state index contributed by atoms with van der Waals surface area (Å²) < 4.78 is 26.8. The first-order chi connectivity index (χ1) is 9.59. The molecule has 0 atom stereocenters. The van der Waals surface area contributed by atoms with Crippen molar-refractivity contribution in [1.29, 1.82) is 0 Å². The first kappa shape index (κ1) is 15.7. The van der Waals surface area contributed by atoms with Crippen LogP contribution in [0.1, 0.15) is 25.7 Å². The molecular formula is C13H20ClN3O2S. The molecule has 0 bridgehead atoms. The van der Waals surface area contributed by atoms with Gasteiger partial charge in [0.1, 0.15) is 4.90 Å². The van der Waals surface area contributed by atoms with Gasteiger partial charge in [-0.2, -0.15) is 0 Å². The first-order valence-corrected chi connectivity index (χ1v) is 8.77. The summed E-state index contributed by atoms with van der Waals surface area (Å²) in [7, 11) is -3.57. The topological polar surface area (TPSA) is 62.3 Å². The van der Waals surface area contributed by atoms with Crippen molar-refractivity contribution >= 4 is 21.6 Å². The second kappa shape index (κ2) is 7.36. The highest BCUT2D eigenvalue weighted by Gasteiger charge is 2.18. The Morgan fingerprint density at radius 3 is 2.60 bits per heavy atom. The predicted octanol–water partition coefficient (Wildman–Crippen LogP) is 1.89. The molecule has 2 heterocycles. The summed E-state index contributed by atoms with van der Waals surface area (Å²) in [6, 6.07) is 1.48. The molecule has 0 aliphatic carbocycles. The van der Waals surface area contributed by atoms with E-state index >= 15 is 0 Å². The van der Waals surface area contributed by atoms with Gasteiger partial charge in [0.25, 0.3) is 0 Å². The Hall–Kier alpha value is -0.690. The highest BCUT2D eigenvalue weighted by molar-refractivity contribution is 7.89. The average molecular weight is 318 g/mol. The van der Waals surface area contributed by atoms with Crippen LogP contribution in [0.15, 0.2) is 23.4 Å². The summed E-state index contributed by atoms with van der Waals surface area (Å²) in [5.74, 6) is 0. The zero-order valence-electron chi connectivity index (χ0n) is 11.4. The molecule has 1 saturated heterocycles. The van der Waals surface area contributed by atoms with Crippen molar-refractivity contribution < 1.29 is 8.42 Å². The maximum Gasteiger partial charge on any atom is 0.243 e. The molecule has 1 N–H and O–H groups in total. The maximum atomic E-state index is 12.1. The fourth-order valence-electron chi connectivity index (χ4n) is 2.34. The monoisotopic (exact) mass is 317 g/mol. The normalized spacial score (nSPS) is 17.9. The average Bonchev–Trinajstić information content (AvgIpc) is 2.67. The van der Waals surface area contributed by atoms with E-state index in [-0.39, 0.29) is 9.92 Å². The van der Waals surface area contributed by atoms with Crippen LogP contribution in [-0.2, 0) is 10.0 Å². The van der Waals surface area contributed by atoms with Crippen LogP contribution in [0.2, 0.25) is 5.02 Å². The number of pyridine rings is 1. The minimum Gasteiger partial charge on any atom is -0.302 e. The van der Waals surface area contributed by atoms with E-state index < -0.39 is 10.0 Å². The number of sulfonamides is 1. The molecule has 1 fully saturated rings. The minimum atomic E-state index is -3.57. The van der Waals surface area contributed by atoms with Crippen molar-refractivity contribution in [3.8, 4) is 0 Å². The molecule has 0 radical (unpaired) electrons. The van der Waals surface area contributed by atoms with Crippen molar-refractivity contribution in [3.63, 3.8) is 0 Å². The van der Waals surface area contributed by atoms with Crippen molar-refractivity contribution in [2.24, 2.45) is 0 Å². The first-order valence-electron chi connectivity index (χ1n) is 6.91. The van der Waals surface area contributed by atoms with Crippen LogP contribution in [0, 0.1) is 0 Å². The van der Waals surface area contributed by atoms with Crippen molar-refractivity contribution in [2.75, 3.05) is 26.2 Å². The van der Waals surface area contributed by atoms with Crippen LogP contribution in [0.4, 0.5) is 0 Å². The van der Waals surface area contributed by atoms with Gasteiger partial charge in [0.15, 0.2) is 0 Å². The van der Waals surface area contributed by atoms with E-state index in [2.05, 4.69) is 14.6 Å². The second-order valence-corrected chi connectivity index (χ2v) is 7.10. The highest BCUT2D eigenvalue weighted by Crippen LogP contribution is 2.18. The van der Waals surface area contributed by atoms with Crippen LogP contribution in [0.5, 0.6) is 0 Å². The number of nitrogens with zero attached hydrogens (tertiary/aromatic N) is 2. The van der Waals surface area contributed by atoms with E-state index in [0.29, 0.717) is 6.54 Å². The number of hydrogen-bond acceptors (Lipinski definition) is 4. The third kappa shape index (κ3) is 4.41. The number of halogens is 1. The van der Waals surface area contributed by atoms with Crippen molar-refractivity contribution in [1.82, 2.24) is 14.6 Å². The number of hydrogen-bond donors (Lipinski definition) is 1. The Labute approximate surface area is 125 Å². The molecular weight excluding hydrogens is 298 g/mol. The van der Waals surface area contributed by atoms with E-state index in [0.717, 1.165) is 19.6 Å².